The highest BCUT2D eigenvalue weighted by Gasteiger charge is 2.16. The predicted molar refractivity (Wildman–Crippen MR) is 46.5 cm³/mol. The summed E-state index contributed by atoms with van der Waals surface area (Å²) in [5, 5.41) is 0.476. The summed E-state index contributed by atoms with van der Waals surface area (Å²) in [5.74, 6) is 0. The topological polar surface area (TPSA) is 26.0 Å². The lowest BCUT2D eigenvalue weighted by Crippen LogP contribution is -2.33. The van der Waals surface area contributed by atoms with Crippen molar-refractivity contribution in [3.63, 3.8) is 0 Å². The van der Waals surface area contributed by atoms with Crippen molar-refractivity contribution >= 4 is 25.0 Å². The van der Waals surface area contributed by atoms with E-state index in [2.05, 4.69) is 12.6 Å². The van der Waals surface area contributed by atoms with Gasteiger partial charge in [-0.05, 0) is 12.8 Å². The van der Waals surface area contributed by atoms with E-state index in [0.717, 1.165) is 0 Å². The molecule has 0 aromatic rings. The molecule has 9 heavy (non-hydrogen) atoms. The fraction of sp³-hybridized carbons (Fsp3) is 1.00. The van der Waals surface area contributed by atoms with Crippen LogP contribution in [-0.2, 0) is 0 Å². The van der Waals surface area contributed by atoms with Gasteiger partial charge in [0.2, 0.25) is 0 Å². The molecule has 1 saturated carbocycles. The third kappa shape index (κ3) is 2.78. The lowest BCUT2D eigenvalue weighted by molar-refractivity contribution is 0.455. The Kier molecular flexibility index (Phi) is 4.72. The van der Waals surface area contributed by atoms with Crippen LogP contribution in [0.2, 0.25) is 0 Å². The highest BCUT2D eigenvalue weighted by molar-refractivity contribution is 7.81. The monoisotopic (exact) mass is 167 g/mol. The third-order valence-corrected chi connectivity index (χ3v) is 2.42. The second-order valence-corrected chi connectivity index (χ2v) is 3.18. The lowest BCUT2D eigenvalue weighted by atomic mass is 9.96. The number of thiol groups is 1. The maximum absolute atomic E-state index is 5.70. The molecule has 0 radical (unpaired) electrons. The first-order valence-corrected chi connectivity index (χ1v) is 3.76. The molecular formula is C6H14ClNS. The van der Waals surface area contributed by atoms with E-state index in [0.29, 0.717) is 11.3 Å². The van der Waals surface area contributed by atoms with Gasteiger partial charge < -0.3 is 5.73 Å². The molecule has 1 rings (SSSR count). The van der Waals surface area contributed by atoms with Crippen LogP contribution in [0.3, 0.4) is 0 Å². The van der Waals surface area contributed by atoms with Crippen LogP contribution in [0.15, 0.2) is 0 Å². The van der Waals surface area contributed by atoms with Crippen LogP contribution >= 0.6 is 25.0 Å². The summed E-state index contributed by atoms with van der Waals surface area (Å²) < 4.78 is 0. The SMILES string of the molecule is Cl.NC1CCCCC1S. The summed E-state index contributed by atoms with van der Waals surface area (Å²) in [6.45, 7) is 0. The van der Waals surface area contributed by atoms with Gasteiger partial charge in [0.05, 0.1) is 0 Å². The summed E-state index contributed by atoms with van der Waals surface area (Å²) >= 11 is 4.33. The van der Waals surface area contributed by atoms with Crippen molar-refractivity contribution in [1.29, 1.82) is 0 Å². The van der Waals surface area contributed by atoms with Crippen LogP contribution in [-0.4, -0.2) is 11.3 Å². The molecule has 2 unspecified atom stereocenters. The second-order valence-electron chi connectivity index (χ2n) is 2.52. The van der Waals surface area contributed by atoms with Gasteiger partial charge in [-0.25, -0.2) is 0 Å². The molecule has 1 nitrogen and oxygen atoms in total. The van der Waals surface area contributed by atoms with Crippen molar-refractivity contribution in [2.45, 2.75) is 37.0 Å². The van der Waals surface area contributed by atoms with Gasteiger partial charge in [0.25, 0.3) is 0 Å². The third-order valence-electron chi connectivity index (χ3n) is 1.78. The van der Waals surface area contributed by atoms with Crippen molar-refractivity contribution in [1.82, 2.24) is 0 Å². The average molecular weight is 168 g/mol. The molecule has 1 aliphatic rings. The van der Waals surface area contributed by atoms with E-state index in [4.69, 9.17) is 5.73 Å². The Hall–Kier alpha value is 0.600. The summed E-state index contributed by atoms with van der Waals surface area (Å²) in [6.07, 6.45) is 5.01. The summed E-state index contributed by atoms with van der Waals surface area (Å²) in [4.78, 5) is 0. The molecule has 0 aromatic carbocycles. The van der Waals surface area contributed by atoms with Gasteiger partial charge in [0, 0.05) is 11.3 Å². The summed E-state index contributed by atoms with van der Waals surface area (Å²) in [6, 6.07) is 0.368. The zero-order valence-electron chi connectivity index (χ0n) is 5.42. The predicted octanol–water partition coefficient (Wildman–Crippen LogP) is 1.61. The molecule has 0 aliphatic heterocycles. The zero-order valence-corrected chi connectivity index (χ0v) is 7.13. The molecule has 0 amide bonds. The number of hydrogen-bond acceptors (Lipinski definition) is 2. The fourth-order valence-corrected chi connectivity index (χ4v) is 1.47. The molecule has 2 N–H and O–H groups in total. The van der Waals surface area contributed by atoms with Gasteiger partial charge in [-0.1, -0.05) is 12.8 Å². The standard InChI is InChI=1S/C6H13NS.ClH/c7-5-3-1-2-4-6(5)8;/h5-6,8H,1-4,7H2;1H. The smallest absolute Gasteiger partial charge is 0.0168 e. The fourth-order valence-electron chi connectivity index (χ4n) is 1.14. The van der Waals surface area contributed by atoms with Crippen molar-refractivity contribution < 1.29 is 0 Å². The maximum atomic E-state index is 5.70. The Morgan fingerprint density at radius 3 is 2.11 bits per heavy atom. The molecule has 56 valence electrons. The van der Waals surface area contributed by atoms with E-state index < -0.39 is 0 Å². The van der Waals surface area contributed by atoms with Gasteiger partial charge in [0.1, 0.15) is 0 Å². The van der Waals surface area contributed by atoms with Crippen LogP contribution in [0.5, 0.6) is 0 Å². The second kappa shape index (κ2) is 4.42. The van der Waals surface area contributed by atoms with Gasteiger partial charge in [-0.15, -0.1) is 12.4 Å². The van der Waals surface area contributed by atoms with E-state index in [-0.39, 0.29) is 12.4 Å². The van der Waals surface area contributed by atoms with E-state index in [1.165, 1.54) is 25.7 Å². The molecule has 0 aromatic heterocycles. The first kappa shape index (κ1) is 9.60. The van der Waals surface area contributed by atoms with E-state index in [1.807, 2.05) is 0 Å². The van der Waals surface area contributed by atoms with E-state index in [9.17, 15) is 0 Å². The van der Waals surface area contributed by atoms with Gasteiger partial charge >= 0.3 is 0 Å². The van der Waals surface area contributed by atoms with Gasteiger partial charge in [-0.2, -0.15) is 12.6 Å². The first-order valence-electron chi connectivity index (χ1n) is 3.24. The van der Waals surface area contributed by atoms with Crippen molar-refractivity contribution in [3.8, 4) is 0 Å². The van der Waals surface area contributed by atoms with Crippen molar-refractivity contribution in [3.05, 3.63) is 0 Å². The van der Waals surface area contributed by atoms with E-state index >= 15 is 0 Å². The Labute approximate surface area is 68.2 Å². The Bertz CT molecular complexity index is 69.5. The van der Waals surface area contributed by atoms with Crippen LogP contribution in [0.1, 0.15) is 25.7 Å². The van der Waals surface area contributed by atoms with Gasteiger partial charge in [-0.3, -0.25) is 0 Å². The van der Waals surface area contributed by atoms with Crippen LogP contribution in [0.25, 0.3) is 0 Å². The van der Waals surface area contributed by atoms with Crippen LogP contribution < -0.4 is 5.73 Å². The van der Waals surface area contributed by atoms with Gasteiger partial charge in [0.15, 0.2) is 0 Å². The van der Waals surface area contributed by atoms with E-state index in [1.54, 1.807) is 0 Å². The average Bonchev–Trinajstić information content (AvgIpc) is 1.77. The highest BCUT2D eigenvalue weighted by Crippen LogP contribution is 2.20. The molecule has 3 heteroatoms. The number of halogens is 1. The molecule has 0 bridgehead atoms. The summed E-state index contributed by atoms with van der Waals surface area (Å²) in [7, 11) is 0. The molecule has 0 heterocycles. The molecule has 1 aliphatic carbocycles. The Morgan fingerprint density at radius 1 is 1.22 bits per heavy atom. The Morgan fingerprint density at radius 2 is 1.78 bits per heavy atom. The largest absolute Gasteiger partial charge is 0.327 e. The lowest BCUT2D eigenvalue weighted by Gasteiger charge is -2.23. The number of rotatable bonds is 0. The minimum Gasteiger partial charge on any atom is -0.327 e. The molecule has 1 fully saturated rings. The molecule has 0 spiro atoms. The Balaban J connectivity index is 0.000000640. The van der Waals surface area contributed by atoms with Crippen LogP contribution in [0, 0.1) is 0 Å². The van der Waals surface area contributed by atoms with Crippen molar-refractivity contribution in [2.75, 3.05) is 0 Å². The molecule has 2 atom stereocenters. The van der Waals surface area contributed by atoms with Crippen LogP contribution in [0.4, 0.5) is 0 Å². The molecule has 0 saturated heterocycles. The zero-order chi connectivity index (χ0) is 5.98. The highest BCUT2D eigenvalue weighted by atomic mass is 35.5. The quantitative estimate of drug-likeness (QED) is 0.527. The maximum Gasteiger partial charge on any atom is 0.0168 e. The van der Waals surface area contributed by atoms with Crippen molar-refractivity contribution in [2.24, 2.45) is 5.73 Å². The number of hydrogen-bond donors (Lipinski definition) is 2. The number of nitrogens with two attached hydrogens (primary N) is 1. The first-order chi connectivity index (χ1) is 3.80. The summed E-state index contributed by atoms with van der Waals surface area (Å²) in [5.41, 5.74) is 5.70. The normalized spacial score (nSPS) is 35.3. The minimum atomic E-state index is 0. The minimum absolute atomic E-state index is 0. The molecular weight excluding hydrogens is 154 g/mol.